The molecular formula is C16H17NO3S. The Morgan fingerprint density at radius 2 is 2.05 bits per heavy atom. The summed E-state index contributed by atoms with van der Waals surface area (Å²) in [6.45, 7) is 1.76. The third-order valence-corrected chi connectivity index (χ3v) is 5.09. The average Bonchev–Trinajstić information content (AvgIpc) is 3.03. The van der Waals surface area contributed by atoms with E-state index in [0.29, 0.717) is 17.7 Å². The normalized spacial score (nSPS) is 22.3. The second-order valence-electron chi connectivity index (χ2n) is 5.19. The molecular weight excluding hydrogens is 286 g/mol. The molecule has 2 unspecified atom stereocenters. The van der Waals surface area contributed by atoms with E-state index in [-0.39, 0.29) is 17.7 Å². The summed E-state index contributed by atoms with van der Waals surface area (Å²) in [5.74, 6) is 0.604. The number of Topliss-reactive ketones (excluding diaryl/α,β-unsaturated/α-hetero) is 1. The Morgan fingerprint density at radius 3 is 2.52 bits per heavy atom. The Balaban J connectivity index is 2.21. The van der Waals surface area contributed by atoms with Gasteiger partial charge < -0.3 is 4.74 Å². The van der Waals surface area contributed by atoms with E-state index in [1.807, 2.05) is 0 Å². The predicted octanol–water partition coefficient (Wildman–Crippen LogP) is 2.79. The molecule has 1 aromatic rings. The topological polar surface area (TPSA) is 67.2 Å². The van der Waals surface area contributed by atoms with Crippen LogP contribution in [0.2, 0.25) is 0 Å². The second-order valence-corrected chi connectivity index (χ2v) is 6.30. The number of ketones is 1. The molecule has 110 valence electrons. The first kappa shape index (κ1) is 15.6. The minimum absolute atomic E-state index is 0.118. The van der Waals surface area contributed by atoms with Crippen LogP contribution >= 0.6 is 11.8 Å². The van der Waals surface area contributed by atoms with Gasteiger partial charge in [-0.15, -0.1) is 0 Å². The molecule has 0 aromatic heterocycles. The molecule has 0 saturated carbocycles. The molecule has 1 aromatic carbocycles. The summed E-state index contributed by atoms with van der Waals surface area (Å²) in [6.07, 6.45) is 0.604. The highest BCUT2D eigenvalue weighted by atomic mass is 32.2. The van der Waals surface area contributed by atoms with E-state index in [9.17, 15) is 14.9 Å². The van der Waals surface area contributed by atoms with Crippen LogP contribution in [-0.4, -0.2) is 30.4 Å². The van der Waals surface area contributed by atoms with E-state index in [4.69, 9.17) is 4.74 Å². The molecule has 1 aliphatic heterocycles. The highest BCUT2D eigenvalue weighted by Crippen LogP contribution is 2.38. The van der Waals surface area contributed by atoms with E-state index in [2.05, 4.69) is 6.07 Å². The van der Waals surface area contributed by atoms with Crippen molar-refractivity contribution in [1.82, 2.24) is 0 Å². The molecule has 0 bridgehead atoms. The molecule has 1 fully saturated rings. The van der Waals surface area contributed by atoms with Crippen LogP contribution in [0.25, 0.3) is 0 Å². The summed E-state index contributed by atoms with van der Waals surface area (Å²) in [4.78, 5) is 24.0. The molecule has 21 heavy (non-hydrogen) atoms. The van der Waals surface area contributed by atoms with Crippen LogP contribution in [0.15, 0.2) is 24.3 Å². The molecule has 0 amide bonds. The Labute approximate surface area is 128 Å². The summed E-state index contributed by atoms with van der Waals surface area (Å²) in [5, 5.41) is 9.35. The lowest BCUT2D eigenvalue weighted by atomic mass is 9.81. The molecule has 0 radical (unpaired) electrons. The standard InChI is InChI=1S/C16H17NO3S/c1-11(15(19)20-2)12-3-5-13(6-4-12)14(18)16(9-17)7-8-21-10-16/h3-6,11H,7-8,10H2,1-2H3. The number of ether oxygens (including phenoxy) is 1. The lowest BCUT2D eigenvalue weighted by Gasteiger charge is -2.18. The quantitative estimate of drug-likeness (QED) is 0.632. The third kappa shape index (κ3) is 2.96. The van der Waals surface area contributed by atoms with Crippen molar-refractivity contribution >= 4 is 23.5 Å². The van der Waals surface area contributed by atoms with Crippen molar-refractivity contribution in [1.29, 1.82) is 5.26 Å². The van der Waals surface area contributed by atoms with Crippen molar-refractivity contribution in [2.24, 2.45) is 5.41 Å². The van der Waals surface area contributed by atoms with Crippen LogP contribution in [0.1, 0.15) is 35.2 Å². The van der Waals surface area contributed by atoms with Gasteiger partial charge in [0.15, 0.2) is 5.78 Å². The van der Waals surface area contributed by atoms with Gasteiger partial charge in [0.05, 0.1) is 19.1 Å². The summed E-state index contributed by atoms with van der Waals surface area (Å²) in [5.41, 5.74) is 0.435. The van der Waals surface area contributed by atoms with Crippen molar-refractivity contribution in [3.05, 3.63) is 35.4 Å². The lowest BCUT2D eigenvalue weighted by Crippen LogP contribution is -2.29. The van der Waals surface area contributed by atoms with Crippen molar-refractivity contribution in [3.63, 3.8) is 0 Å². The van der Waals surface area contributed by atoms with Gasteiger partial charge in [0.1, 0.15) is 5.41 Å². The Hall–Kier alpha value is -1.80. The summed E-state index contributed by atoms with van der Waals surface area (Å²) >= 11 is 1.64. The molecule has 1 heterocycles. The number of hydrogen-bond donors (Lipinski definition) is 0. The first-order valence-electron chi connectivity index (χ1n) is 6.75. The van der Waals surface area contributed by atoms with Gasteiger partial charge in [-0.05, 0) is 24.7 Å². The molecule has 2 atom stereocenters. The molecule has 0 aliphatic carbocycles. The van der Waals surface area contributed by atoms with E-state index in [0.717, 1.165) is 11.3 Å². The van der Waals surface area contributed by atoms with E-state index < -0.39 is 5.41 Å². The number of hydrogen-bond acceptors (Lipinski definition) is 5. The number of benzene rings is 1. The van der Waals surface area contributed by atoms with E-state index in [1.165, 1.54) is 7.11 Å². The van der Waals surface area contributed by atoms with Crippen LogP contribution in [0, 0.1) is 16.7 Å². The van der Waals surface area contributed by atoms with Gasteiger partial charge in [-0.2, -0.15) is 17.0 Å². The molecule has 0 spiro atoms. The maximum absolute atomic E-state index is 12.5. The summed E-state index contributed by atoms with van der Waals surface area (Å²) in [6, 6.07) is 9.09. The van der Waals surface area contributed by atoms with Crippen LogP contribution in [0.5, 0.6) is 0 Å². The van der Waals surface area contributed by atoms with Gasteiger partial charge in [0.25, 0.3) is 0 Å². The van der Waals surface area contributed by atoms with Gasteiger partial charge in [0, 0.05) is 11.3 Å². The van der Waals surface area contributed by atoms with Crippen molar-refractivity contribution < 1.29 is 14.3 Å². The Morgan fingerprint density at radius 1 is 1.38 bits per heavy atom. The number of carbonyl (C=O) groups excluding carboxylic acids is 2. The number of esters is 1. The number of thioether (sulfide) groups is 1. The van der Waals surface area contributed by atoms with Gasteiger partial charge in [-0.25, -0.2) is 0 Å². The minimum atomic E-state index is -0.889. The molecule has 5 heteroatoms. The second kappa shape index (κ2) is 6.31. The number of methoxy groups -OCH3 is 1. The van der Waals surface area contributed by atoms with Crippen molar-refractivity contribution in [2.75, 3.05) is 18.6 Å². The SMILES string of the molecule is COC(=O)C(C)c1ccc(C(=O)C2(C#N)CCSC2)cc1. The minimum Gasteiger partial charge on any atom is -0.469 e. The van der Waals surface area contributed by atoms with Gasteiger partial charge in [0.2, 0.25) is 0 Å². The smallest absolute Gasteiger partial charge is 0.312 e. The van der Waals surface area contributed by atoms with E-state index in [1.54, 1.807) is 43.0 Å². The van der Waals surface area contributed by atoms with Gasteiger partial charge >= 0.3 is 5.97 Å². The van der Waals surface area contributed by atoms with E-state index >= 15 is 0 Å². The zero-order chi connectivity index (χ0) is 15.5. The fraction of sp³-hybridized carbons (Fsp3) is 0.438. The highest BCUT2D eigenvalue weighted by molar-refractivity contribution is 7.99. The van der Waals surface area contributed by atoms with Crippen LogP contribution in [-0.2, 0) is 9.53 Å². The average molecular weight is 303 g/mol. The highest BCUT2D eigenvalue weighted by Gasteiger charge is 2.42. The monoisotopic (exact) mass is 303 g/mol. The maximum atomic E-state index is 12.5. The fourth-order valence-corrected chi connectivity index (χ4v) is 3.72. The van der Waals surface area contributed by atoms with Crippen LogP contribution < -0.4 is 0 Å². The van der Waals surface area contributed by atoms with Gasteiger partial charge in [-0.3, -0.25) is 9.59 Å². The Kier molecular flexibility index (Phi) is 4.69. The summed E-state index contributed by atoms with van der Waals surface area (Å²) in [7, 11) is 1.35. The molecule has 4 nitrogen and oxygen atoms in total. The van der Waals surface area contributed by atoms with Crippen molar-refractivity contribution in [3.8, 4) is 6.07 Å². The Bertz CT molecular complexity index is 583. The lowest BCUT2D eigenvalue weighted by molar-refractivity contribution is -0.141. The molecule has 1 aliphatic rings. The number of nitrogens with zero attached hydrogens (tertiary/aromatic N) is 1. The number of nitriles is 1. The van der Waals surface area contributed by atoms with Crippen LogP contribution in [0.3, 0.4) is 0 Å². The molecule has 2 rings (SSSR count). The molecule has 1 saturated heterocycles. The maximum Gasteiger partial charge on any atom is 0.312 e. The third-order valence-electron chi connectivity index (χ3n) is 3.90. The molecule has 0 N–H and O–H groups in total. The van der Waals surface area contributed by atoms with Crippen LogP contribution in [0.4, 0.5) is 0 Å². The fourth-order valence-electron chi connectivity index (χ4n) is 2.40. The predicted molar refractivity (Wildman–Crippen MR) is 81.2 cm³/mol. The largest absolute Gasteiger partial charge is 0.469 e. The zero-order valence-electron chi connectivity index (χ0n) is 12.1. The number of carbonyl (C=O) groups is 2. The van der Waals surface area contributed by atoms with Crippen molar-refractivity contribution in [2.45, 2.75) is 19.3 Å². The zero-order valence-corrected chi connectivity index (χ0v) is 12.9. The summed E-state index contributed by atoms with van der Waals surface area (Å²) < 4.78 is 4.71. The first-order chi connectivity index (χ1) is 10.0. The van der Waals surface area contributed by atoms with Gasteiger partial charge in [-0.1, -0.05) is 24.3 Å². The first-order valence-corrected chi connectivity index (χ1v) is 7.91. The number of rotatable bonds is 4.